The Balaban J connectivity index is 1.64. The summed E-state index contributed by atoms with van der Waals surface area (Å²) >= 11 is 6.29. The van der Waals surface area contributed by atoms with E-state index in [0.717, 1.165) is 11.1 Å². The van der Waals surface area contributed by atoms with E-state index in [1.54, 1.807) is 43.4 Å². The first kappa shape index (κ1) is 23.6. The normalized spacial score (nSPS) is 17.3. The van der Waals surface area contributed by atoms with Gasteiger partial charge in [-0.3, -0.25) is 9.59 Å². The fourth-order valence-electron chi connectivity index (χ4n) is 4.40. The number of nitrogens with zero attached hydrogens (tertiary/aromatic N) is 1. The minimum absolute atomic E-state index is 0.117. The molecule has 1 saturated heterocycles. The van der Waals surface area contributed by atoms with E-state index in [-0.39, 0.29) is 24.3 Å². The lowest BCUT2D eigenvalue weighted by Gasteiger charge is -2.21. The summed E-state index contributed by atoms with van der Waals surface area (Å²) in [4.78, 5) is 28.4. The highest BCUT2D eigenvalue weighted by Gasteiger charge is 2.42. The minimum Gasteiger partial charge on any atom is -0.497 e. The van der Waals surface area contributed by atoms with Gasteiger partial charge in [0, 0.05) is 31.1 Å². The largest absolute Gasteiger partial charge is 0.497 e. The Morgan fingerprint density at radius 3 is 2.41 bits per heavy atom. The summed E-state index contributed by atoms with van der Waals surface area (Å²) in [6, 6.07) is 22.2. The highest BCUT2D eigenvalue weighted by atomic mass is 35.5. The van der Waals surface area contributed by atoms with E-state index in [4.69, 9.17) is 21.1 Å². The summed E-state index contributed by atoms with van der Waals surface area (Å²) in [5.41, 5.74) is 2.26. The zero-order chi connectivity index (χ0) is 24.1. The first-order valence-corrected chi connectivity index (χ1v) is 11.5. The molecular formula is C27H27ClN2O4. The molecule has 0 aliphatic carbocycles. The van der Waals surface area contributed by atoms with Crippen molar-refractivity contribution in [3.63, 3.8) is 0 Å². The molecule has 34 heavy (non-hydrogen) atoms. The standard InChI is InChI=1S/C27H27ClN2O4/c1-33-19-12-13-25(34-2)21(14-19)22-16-30(27(32)20-10-6-7-11-24(20)28)17-23(22)26(31)29-15-18-8-4-3-5-9-18/h3-14,22-23H,15-17H2,1-2H3,(H,29,31). The van der Waals surface area contributed by atoms with Crippen LogP contribution in [0.25, 0.3) is 0 Å². The van der Waals surface area contributed by atoms with Gasteiger partial charge in [-0.05, 0) is 35.9 Å². The molecule has 2 amide bonds. The van der Waals surface area contributed by atoms with Crippen LogP contribution in [0.4, 0.5) is 0 Å². The van der Waals surface area contributed by atoms with Gasteiger partial charge >= 0.3 is 0 Å². The third-order valence-electron chi connectivity index (χ3n) is 6.19. The molecule has 3 aromatic rings. The molecule has 4 rings (SSSR count). The van der Waals surface area contributed by atoms with Crippen molar-refractivity contribution in [3.05, 3.63) is 94.5 Å². The van der Waals surface area contributed by atoms with Crippen molar-refractivity contribution < 1.29 is 19.1 Å². The van der Waals surface area contributed by atoms with E-state index in [2.05, 4.69) is 5.32 Å². The zero-order valence-corrected chi connectivity index (χ0v) is 19.9. The number of halogens is 1. The second-order valence-corrected chi connectivity index (χ2v) is 8.62. The van der Waals surface area contributed by atoms with Crippen molar-refractivity contribution in [2.75, 3.05) is 27.3 Å². The molecule has 0 saturated carbocycles. The molecular weight excluding hydrogens is 452 g/mol. The Bertz CT molecular complexity index is 1170. The highest BCUT2D eigenvalue weighted by Crippen LogP contribution is 2.40. The van der Waals surface area contributed by atoms with Gasteiger partial charge in [-0.1, -0.05) is 54.1 Å². The lowest BCUT2D eigenvalue weighted by molar-refractivity contribution is -0.125. The predicted octanol–water partition coefficient (Wildman–Crippen LogP) is 4.53. The van der Waals surface area contributed by atoms with Crippen LogP contribution in [0.5, 0.6) is 11.5 Å². The van der Waals surface area contributed by atoms with E-state index in [1.807, 2.05) is 48.5 Å². The Labute approximate surface area is 204 Å². The number of benzene rings is 3. The number of methoxy groups -OCH3 is 2. The van der Waals surface area contributed by atoms with Crippen molar-refractivity contribution >= 4 is 23.4 Å². The number of hydrogen-bond donors (Lipinski definition) is 1. The number of carbonyl (C=O) groups is 2. The van der Waals surface area contributed by atoms with Gasteiger partial charge < -0.3 is 19.7 Å². The molecule has 1 N–H and O–H groups in total. The Morgan fingerprint density at radius 2 is 1.71 bits per heavy atom. The van der Waals surface area contributed by atoms with Gasteiger partial charge in [-0.15, -0.1) is 0 Å². The van der Waals surface area contributed by atoms with Crippen LogP contribution in [0, 0.1) is 5.92 Å². The molecule has 3 aromatic carbocycles. The maximum Gasteiger partial charge on any atom is 0.255 e. The Kier molecular flexibility index (Phi) is 7.38. The zero-order valence-electron chi connectivity index (χ0n) is 19.2. The lowest BCUT2D eigenvalue weighted by atomic mass is 9.87. The average Bonchev–Trinajstić information content (AvgIpc) is 3.33. The maximum atomic E-state index is 13.4. The fourth-order valence-corrected chi connectivity index (χ4v) is 4.62. The molecule has 0 bridgehead atoms. The average molecular weight is 479 g/mol. The highest BCUT2D eigenvalue weighted by molar-refractivity contribution is 6.33. The van der Waals surface area contributed by atoms with Crippen LogP contribution in [0.3, 0.4) is 0 Å². The van der Waals surface area contributed by atoms with Gasteiger partial charge in [0.2, 0.25) is 5.91 Å². The number of rotatable bonds is 7. The van der Waals surface area contributed by atoms with Crippen molar-refractivity contribution in [2.45, 2.75) is 12.5 Å². The fraction of sp³-hybridized carbons (Fsp3) is 0.259. The van der Waals surface area contributed by atoms with Gasteiger partial charge in [-0.2, -0.15) is 0 Å². The van der Waals surface area contributed by atoms with Crippen molar-refractivity contribution in [1.29, 1.82) is 0 Å². The molecule has 0 spiro atoms. The second kappa shape index (κ2) is 10.6. The summed E-state index contributed by atoms with van der Waals surface area (Å²) in [7, 11) is 3.19. The van der Waals surface area contributed by atoms with E-state index in [9.17, 15) is 9.59 Å². The van der Waals surface area contributed by atoms with Crippen molar-refractivity contribution in [3.8, 4) is 11.5 Å². The molecule has 1 fully saturated rings. The van der Waals surface area contributed by atoms with Crippen LogP contribution in [0.15, 0.2) is 72.8 Å². The number of carbonyl (C=O) groups excluding carboxylic acids is 2. The van der Waals surface area contributed by atoms with Crippen LogP contribution >= 0.6 is 11.6 Å². The lowest BCUT2D eigenvalue weighted by Crippen LogP contribution is -2.35. The Morgan fingerprint density at radius 1 is 0.971 bits per heavy atom. The van der Waals surface area contributed by atoms with Crippen LogP contribution in [0.1, 0.15) is 27.4 Å². The third-order valence-corrected chi connectivity index (χ3v) is 6.52. The Hall–Kier alpha value is -3.51. The summed E-state index contributed by atoms with van der Waals surface area (Å²) in [5, 5.41) is 3.43. The van der Waals surface area contributed by atoms with Crippen LogP contribution in [-0.2, 0) is 11.3 Å². The molecule has 1 aliphatic heterocycles. The second-order valence-electron chi connectivity index (χ2n) is 8.21. The summed E-state index contributed by atoms with van der Waals surface area (Å²) < 4.78 is 11.0. The smallest absolute Gasteiger partial charge is 0.255 e. The minimum atomic E-state index is -0.462. The number of ether oxygens (including phenoxy) is 2. The molecule has 7 heteroatoms. The van der Waals surface area contributed by atoms with Gasteiger partial charge in [0.25, 0.3) is 5.91 Å². The maximum absolute atomic E-state index is 13.4. The topological polar surface area (TPSA) is 67.9 Å². The monoisotopic (exact) mass is 478 g/mol. The van der Waals surface area contributed by atoms with Crippen LogP contribution in [-0.4, -0.2) is 44.0 Å². The van der Waals surface area contributed by atoms with E-state index >= 15 is 0 Å². The molecule has 1 heterocycles. The van der Waals surface area contributed by atoms with E-state index < -0.39 is 5.92 Å². The van der Waals surface area contributed by atoms with Gasteiger partial charge in [-0.25, -0.2) is 0 Å². The van der Waals surface area contributed by atoms with Gasteiger partial charge in [0.05, 0.1) is 30.7 Å². The molecule has 1 aliphatic rings. The van der Waals surface area contributed by atoms with E-state index in [1.165, 1.54) is 0 Å². The summed E-state index contributed by atoms with van der Waals surface area (Å²) in [5.74, 6) is 0.265. The number of nitrogens with one attached hydrogen (secondary N) is 1. The third kappa shape index (κ3) is 5.02. The molecule has 176 valence electrons. The first-order valence-electron chi connectivity index (χ1n) is 11.1. The van der Waals surface area contributed by atoms with Crippen molar-refractivity contribution in [1.82, 2.24) is 10.2 Å². The first-order chi connectivity index (χ1) is 16.5. The van der Waals surface area contributed by atoms with Gasteiger partial charge in [0.15, 0.2) is 0 Å². The van der Waals surface area contributed by atoms with E-state index in [0.29, 0.717) is 35.2 Å². The van der Waals surface area contributed by atoms with Crippen molar-refractivity contribution in [2.24, 2.45) is 5.92 Å². The number of likely N-dealkylation sites (tertiary alicyclic amines) is 1. The predicted molar refractivity (Wildman–Crippen MR) is 131 cm³/mol. The van der Waals surface area contributed by atoms with Crippen LogP contribution < -0.4 is 14.8 Å². The number of hydrogen-bond acceptors (Lipinski definition) is 4. The molecule has 2 unspecified atom stereocenters. The number of amides is 2. The molecule has 0 aromatic heterocycles. The molecule has 6 nitrogen and oxygen atoms in total. The van der Waals surface area contributed by atoms with Crippen LogP contribution in [0.2, 0.25) is 5.02 Å². The molecule has 0 radical (unpaired) electrons. The van der Waals surface area contributed by atoms with Gasteiger partial charge in [0.1, 0.15) is 11.5 Å². The SMILES string of the molecule is COc1ccc(OC)c(C2CN(C(=O)c3ccccc3Cl)CC2C(=O)NCc2ccccc2)c1. The molecule has 2 atom stereocenters. The quantitative estimate of drug-likeness (QED) is 0.541. The summed E-state index contributed by atoms with van der Waals surface area (Å²) in [6.07, 6.45) is 0. The summed E-state index contributed by atoms with van der Waals surface area (Å²) in [6.45, 7) is 1.04.